The highest BCUT2D eigenvalue weighted by Gasteiger charge is 2.40. The third kappa shape index (κ3) is 4.62. The Morgan fingerprint density at radius 3 is 2.26 bits per heavy atom. The zero-order valence-corrected chi connectivity index (χ0v) is 21.0. The Bertz CT molecular complexity index is 1220. The number of carbonyl (C=O) groups excluding carboxylic acids is 2. The lowest BCUT2D eigenvalue weighted by Gasteiger charge is -2.37. The van der Waals surface area contributed by atoms with E-state index in [0.717, 1.165) is 53.8 Å². The van der Waals surface area contributed by atoms with E-state index in [1.54, 1.807) is 0 Å². The van der Waals surface area contributed by atoms with Gasteiger partial charge in [0, 0.05) is 41.3 Å². The van der Waals surface area contributed by atoms with Crippen LogP contribution >= 0.6 is 11.6 Å². The van der Waals surface area contributed by atoms with Crippen LogP contribution in [0.1, 0.15) is 68.1 Å². The largest absolute Gasteiger partial charge is 0.490 e. The SMILES string of the molecule is CCOc1cc(C2C3=C(CCCC3=O)NC3=C2C(=O)CCC3)cc(Cl)c1OCc1cccc(C)c1. The van der Waals surface area contributed by atoms with Crippen LogP contribution < -0.4 is 14.8 Å². The van der Waals surface area contributed by atoms with Crippen LogP contribution in [0.4, 0.5) is 0 Å². The molecule has 2 aromatic rings. The number of rotatable bonds is 6. The second-order valence-corrected chi connectivity index (χ2v) is 9.84. The maximum absolute atomic E-state index is 13.1. The number of ketones is 2. The van der Waals surface area contributed by atoms with Crippen LogP contribution in [0, 0.1) is 6.92 Å². The molecular formula is C29H30ClNO4. The number of nitrogens with one attached hydrogen (secondary N) is 1. The van der Waals surface area contributed by atoms with Crippen LogP contribution in [-0.4, -0.2) is 18.2 Å². The number of dihydropyridines is 1. The topological polar surface area (TPSA) is 64.6 Å². The first kappa shape index (κ1) is 23.7. The smallest absolute Gasteiger partial charge is 0.180 e. The van der Waals surface area contributed by atoms with Gasteiger partial charge in [-0.3, -0.25) is 9.59 Å². The molecule has 1 heterocycles. The van der Waals surface area contributed by atoms with Gasteiger partial charge < -0.3 is 14.8 Å². The van der Waals surface area contributed by atoms with Gasteiger partial charge in [-0.05, 0) is 62.8 Å². The van der Waals surface area contributed by atoms with Crippen molar-refractivity contribution in [3.63, 3.8) is 0 Å². The molecule has 0 radical (unpaired) electrons. The fourth-order valence-corrected chi connectivity index (χ4v) is 5.71. The van der Waals surface area contributed by atoms with Crippen molar-refractivity contribution in [2.24, 2.45) is 0 Å². The maximum Gasteiger partial charge on any atom is 0.180 e. The molecule has 0 unspecified atom stereocenters. The molecule has 35 heavy (non-hydrogen) atoms. The highest BCUT2D eigenvalue weighted by molar-refractivity contribution is 6.32. The number of ether oxygens (including phenoxy) is 2. The van der Waals surface area contributed by atoms with Crippen molar-refractivity contribution in [3.8, 4) is 11.5 Å². The molecule has 0 bridgehead atoms. The van der Waals surface area contributed by atoms with E-state index < -0.39 is 5.92 Å². The maximum atomic E-state index is 13.1. The molecule has 0 amide bonds. The molecule has 1 aliphatic heterocycles. The zero-order chi connectivity index (χ0) is 24.5. The summed E-state index contributed by atoms with van der Waals surface area (Å²) in [6.07, 6.45) is 4.27. The quantitative estimate of drug-likeness (QED) is 0.511. The number of hydrogen-bond donors (Lipinski definition) is 1. The van der Waals surface area contributed by atoms with Crippen molar-refractivity contribution in [1.29, 1.82) is 0 Å². The Labute approximate surface area is 211 Å². The molecule has 1 N–H and O–H groups in total. The van der Waals surface area contributed by atoms with Gasteiger partial charge >= 0.3 is 0 Å². The summed E-state index contributed by atoms with van der Waals surface area (Å²) < 4.78 is 12.1. The van der Waals surface area contributed by atoms with Crippen LogP contribution in [-0.2, 0) is 16.2 Å². The van der Waals surface area contributed by atoms with Crippen LogP contribution in [0.2, 0.25) is 5.02 Å². The Hall–Kier alpha value is -3.05. The molecule has 5 nitrogen and oxygen atoms in total. The molecule has 6 heteroatoms. The molecular weight excluding hydrogens is 462 g/mol. The summed E-state index contributed by atoms with van der Waals surface area (Å²) in [4.78, 5) is 26.2. The van der Waals surface area contributed by atoms with Crippen molar-refractivity contribution < 1.29 is 19.1 Å². The molecule has 0 saturated heterocycles. The van der Waals surface area contributed by atoms with E-state index in [2.05, 4.69) is 11.4 Å². The summed E-state index contributed by atoms with van der Waals surface area (Å²) in [6.45, 7) is 4.75. The molecule has 0 atom stereocenters. The summed E-state index contributed by atoms with van der Waals surface area (Å²) >= 11 is 6.79. The third-order valence-corrected chi connectivity index (χ3v) is 7.20. The molecule has 2 aromatic carbocycles. The lowest BCUT2D eigenvalue weighted by atomic mass is 9.71. The fraction of sp³-hybridized carbons (Fsp3) is 0.379. The molecule has 5 rings (SSSR count). The second kappa shape index (κ2) is 9.90. The Balaban J connectivity index is 1.57. The monoisotopic (exact) mass is 491 g/mol. The van der Waals surface area contributed by atoms with E-state index in [9.17, 15) is 9.59 Å². The Morgan fingerprint density at radius 1 is 0.943 bits per heavy atom. The lowest BCUT2D eigenvalue weighted by molar-refractivity contribution is -0.117. The summed E-state index contributed by atoms with van der Waals surface area (Å²) in [5.74, 6) is 0.771. The van der Waals surface area contributed by atoms with Crippen molar-refractivity contribution >= 4 is 23.2 Å². The van der Waals surface area contributed by atoms with Gasteiger partial charge in [0.25, 0.3) is 0 Å². The highest BCUT2D eigenvalue weighted by atomic mass is 35.5. The molecule has 3 aliphatic rings. The third-order valence-electron chi connectivity index (χ3n) is 6.92. The van der Waals surface area contributed by atoms with Gasteiger partial charge in [0.2, 0.25) is 0 Å². The van der Waals surface area contributed by atoms with Gasteiger partial charge in [-0.1, -0.05) is 41.4 Å². The van der Waals surface area contributed by atoms with Gasteiger partial charge in [-0.25, -0.2) is 0 Å². The fourth-order valence-electron chi connectivity index (χ4n) is 5.43. The Morgan fingerprint density at radius 2 is 1.63 bits per heavy atom. The summed E-state index contributed by atoms with van der Waals surface area (Å²) in [5, 5.41) is 3.87. The Kier molecular flexibility index (Phi) is 6.70. The highest BCUT2D eigenvalue weighted by Crippen LogP contribution is 2.48. The van der Waals surface area contributed by atoms with Crippen molar-refractivity contribution in [3.05, 3.63) is 80.7 Å². The van der Waals surface area contributed by atoms with Crippen LogP contribution in [0.15, 0.2) is 58.9 Å². The standard InChI is InChI=1S/C29H30ClNO4/c1-3-34-25-15-19(14-20(30)29(25)35-16-18-8-4-7-17(2)13-18)26-27-21(9-5-11-23(27)32)31-22-10-6-12-24(33)28(22)26/h4,7-8,13-15,26,31H,3,5-6,9-12,16H2,1-2H3. The normalized spacial score (nSPS) is 18.3. The first-order valence-corrected chi connectivity index (χ1v) is 12.8. The molecule has 0 fully saturated rings. The van der Waals surface area contributed by atoms with Crippen molar-refractivity contribution in [2.45, 2.75) is 64.9 Å². The molecule has 182 valence electrons. The van der Waals surface area contributed by atoms with Gasteiger partial charge in [-0.2, -0.15) is 0 Å². The number of benzene rings is 2. The van der Waals surface area contributed by atoms with E-state index in [-0.39, 0.29) is 11.6 Å². The van der Waals surface area contributed by atoms with Crippen molar-refractivity contribution in [2.75, 3.05) is 6.61 Å². The average Bonchev–Trinajstić information content (AvgIpc) is 2.83. The lowest BCUT2D eigenvalue weighted by Crippen LogP contribution is -2.36. The first-order chi connectivity index (χ1) is 17.0. The predicted octanol–water partition coefficient (Wildman–Crippen LogP) is 6.33. The number of aryl methyl sites for hydroxylation is 1. The minimum Gasteiger partial charge on any atom is -0.490 e. The number of hydrogen-bond acceptors (Lipinski definition) is 5. The van der Waals surface area contributed by atoms with E-state index >= 15 is 0 Å². The van der Waals surface area contributed by atoms with Gasteiger partial charge in [0.15, 0.2) is 23.1 Å². The predicted molar refractivity (Wildman–Crippen MR) is 136 cm³/mol. The zero-order valence-electron chi connectivity index (χ0n) is 20.2. The second-order valence-electron chi connectivity index (χ2n) is 9.44. The average molecular weight is 492 g/mol. The van der Waals surface area contributed by atoms with E-state index in [0.29, 0.717) is 53.7 Å². The van der Waals surface area contributed by atoms with E-state index in [4.69, 9.17) is 21.1 Å². The van der Waals surface area contributed by atoms with Crippen LogP contribution in [0.5, 0.6) is 11.5 Å². The molecule has 0 aromatic heterocycles. The summed E-state index contributed by atoms with van der Waals surface area (Å²) in [6, 6.07) is 11.9. The first-order valence-electron chi connectivity index (χ1n) is 12.4. The van der Waals surface area contributed by atoms with Crippen molar-refractivity contribution in [1.82, 2.24) is 5.32 Å². The minimum atomic E-state index is -0.427. The van der Waals surface area contributed by atoms with E-state index in [1.165, 1.54) is 0 Å². The molecule has 0 saturated carbocycles. The van der Waals surface area contributed by atoms with Gasteiger partial charge in [0.05, 0.1) is 11.6 Å². The van der Waals surface area contributed by atoms with E-state index in [1.807, 2.05) is 44.2 Å². The number of carbonyl (C=O) groups is 2. The molecule has 0 spiro atoms. The number of allylic oxidation sites excluding steroid dienone is 4. The van der Waals surface area contributed by atoms with Crippen LogP contribution in [0.25, 0.3) is 0 Å². The van der Waals surface area contributed by atoms with Gasteiger partial charge in [0.1, 0.15) is 6.61 Å². The van der Waals surface area contributed by atoms with Crippen LogP contribution in [0.3, 0.4) is 0 Å². The molecule has 2 aliphatic carbocycles. The minimum absolute atomic E-state index is 0.0996. The number of halogens is 1. The summed E-state index contributed by atoms with van der Waals surface area (Å²) in [7, 11) is 0. The number of Topliss-reactive ketones (excluding diaryl/α,β-unsaturated/α-hetero) is 2. The van der Waals surface area contributed by atoms with Gasteiger partial charge in [-0.15, -0.1) is 0 Å². The summed E-state index contributed by atoms with van der Waals surface area (Å²) in [5.41, 5.74) is 6.31.